The Morgan fingerprint density at radius 3 is 1.76 bits per heavy atom. The molecule has 0 aliphatic carbocycles. The van der Waals surface area contributed by atoms with Gasteiger partial charge >= 0.3 is 0 Å². The molecule has 29 heavy (non-hydrogen) atoms. The summed E-state index contributed by atoms with van der Waals surface area (Å²) in [5.41, 5.74) is 2.47. The normalized spacial score (nSPS) is 12.5. The van der Waals surface area contributed by atoms with E-state index in [-0.39, 0.29) is 10.8 Å². The standard InChI is InChI=1S/C25H33N2OP/c1-24(2,3)22-19-23(25(4,5)6)27(26-22)17-18-28-29(20-13-9-7-10-14-20)21-15-11-8-12-16-21/h7-16,19H,17-18H2,1-6H3. The highest BCUT2D eigenvalue weighted by molar-refractivity contribution is 7.68. The van der Waals surface area contributed by atoms with Crippen LogP contribution in [0, 0.1) is 0 Å². The Morgan fingerprint density at radius 1 is 0.793 bits per heavy atom. The summed E-state index contributed by atoms with van der Waals surface area (Å²) in [6, 6.07) is 23.3. The number of benzene rings is 2. The van der Waals surface area contributed by atoms with E-state index in [1.54, 1.807) is 0 Å². The molecule has 2 aromatic carbocycles. The summed E-state index contributed by atoms with van der Waals surface area (Å²) in [5, 5.41) is 7.41. The molecular formula is C25H33N2OP. The van der Waals surface area contributed by atoms with Crippen molar-refractivity contribution in [2.24, 2.45) is 0 Å². The fourth-order valence-electron chi connectivity index (χ4n) is 3.20. The maximum Gasteiger partial charge on any atom is 0.0918 e. The Bertz CT molecular complexity index is 866. The molecule has 0 unspecified atom stereocenters. The minimum atomic E-state index is -0.842. The van der Waals surface area contributed by atoms with Crippen LogP contribution in [0.15, 0.2) is 66.7 Å². The van der Waals surface area contributed by atoms with Gasteiger partial charge in [-0.05, 0) is 6.07 Å². The molecule has 0 radical (unpaired) electrons. The number of hydrogen-bond donors (Lipinski definition) is 0. The average molecular weight is 409 g/mol. The maximum absolute atomic E-state index is 6.48. The zero-order valence-electron chi connectivity index (χ0n) is 18.5. The van der Waals surface area contributed by atoms with Crippen molar-refractivity contribution in [3.63, 3.8) is 0 Å². The molecular weight excluding hydrogens is 375 g/mol. The number of aromatic nitrogens is 2. The molecule has 0 saturated heterocycles. The monoisotopic (exact) mass is 408 g/mol. The largest absolute Gasteiger partial charge is 0.348 e. The molecule has 0 bridgehead atoms. The van der Waals surface area contributed by atoms with E-state index in [9.17, 15) is 0 Å². The van der Waals surface area contributed by atoms with Gasteiger partial charge in [0, 0.05) is 27.1 Å². The van der Waals surface area contributed by atoms with E-state index in [1.165, 1.54) is 16.3 Å². The van der Waals surface area contributed by atoms with Crippen molar-refractivity contribution in [2.75, 3.05) is 6.61 Å². The van der Waals surface area contributed by atoms with E-state index in [2.05, 4.69) is 113 Å². The Morgan fingerprint density at radius 2 is 1.31 bits per heavy atom. The summed E-state index contributed by atoms with van der Waals surface area (Å²) in [4.78, 5) is 0. The van der Waals surface area contributed by atoms with E-state index >= 15 is 0 Å². The first-order valence-corrected chi connectivity index (χ1v) is 11.5. The first kappa shape index (κ1) is 21.7. The predicted octanol–water partition coefficient (Wildman–Crippen LogP) is 5.54. The minimum absolute atomic E-state index is 0.0345. The van der Waals surface area contributed by atoms with E-state index < -0.39 is 8.15 Å². The van der Waals surface area contributed by atoms with Gasteiger partial charge in [0.05, 0.1) is 27.0 Å². The maximum atomic E-state index is 6.48. The summed E-state index contributed by atoms with van der Waals surface area (Å²) >= 11 is 0. The van der Waals surface area contributed by atoms with Crippen molar-refractivity contribution >= 4 is 18.8 Å². The first-order chi connectivity index (χ1) is 13.7. The van der Waals surface area contributed by atoms with Crippen LogP contribution < -0.4 is 10.6 Å². The zero-order valence-corrected chi connectivity index (χ0v) is 19.4. The molecule has 0 aliphatic rings. The topological polar surface area (TPSA) is 27.1 Å². The fraction of sp³-hybridized carbons (Fsp3) is 0.400. The Kier molecular flexibility index (Phi) is 6.61. The van der Waals surface area contributed by atoms with Gasteiger partial charge in [-0.25, -0.2) is 0 Å². The van der Waals surface area contributed by atoms with Crippen LogP contribution in [0.4, 0.5) is 0 Å². The molecule has 0 saturated carbocycles. The third-order valence-corrected chi connectivity index (χ3v) is 6.80. The van der Waals surface area contributed by atoms with Crippen molar-refractivity contribution < 1.29 is 4.52 Å². The molecule has 0 N–H and O–H groups in total. The van der Waals surface area contributed by atoms with Gasteiger partial charge in [0.15, 0.2) is 0 Å². The molecule has 0 atom stereocenters. The summed E-state index contributed by atoms with van der Waals surface area (Å²) in [6.45, 7) is 14.8. The smallest absolute Gasteiger partial charge is 0.0918 e. The molecule has 0 amide bonds. The van der Waals surface area contributed by atoms with Crippen LogP contribution in [0.1, 0.15) is 52.9 Å². The zero-order chi connectivity index (χ0) is 21.1. The molecule has 3 rings (SSSR count). The Hall–Kier alpha value is -1.96. The van der Waals surface area contributed by atoms with Gasteiger partial charge < -0.3 is 4.52 Å². The van der Waals surface area contributed by atoms with Gasteiger partial charge in [-0.15, -0.1) is 0 Å². The first-order valence-electron chi connectivity index (χ1n) is 10.3. The van der Waals surface area contributed by atoms with Crippen LogP contribution in [0.5, 0.6) is 0 Å². The van der Waals surface area contributed by atoms with Crippen molar-refractivity contribution in [3.05, 3.63) is 78.1 Å². The van der Waals surface area contributed by atoms with Crippen LogP contribution in [0.3, 0.4) is 0 Å². The molecule has 0 spiro atoms. The highest BCUT2D eigenvalue weighted by Gasteiger charge is 2.26. The van der Waals surface area contributed by atoms with Gasteiger partial charge in [-0.3, -0.25) is 4.68 Å². The summed E-state index contributed by atoms with van der Waals surface area (Å²) in [6.07, 6.45) is 0. The number of rotatable bonds is 6. The SMILES string of the molecule is CC(C)(C)c1cc(C(C)(C)C)n(CCOP(c2ccccc2)c2ccccc2)n1. The summed E-state index contributed by atoms with van der Waals surface area (Å²) in [5.74, 6) is 0. The number of nitrogens with zero attached hydrogens (tertiary/aromatic N) is 2. The highest BCUT2D eigenvalue weighted by Crippen LogP contribution is 2.35. The van der Waals surface area contributed by atoms with Gasteiger partial charge in [0.1, 0.15) is 0 Å². The Balaban J connectivity index is 1.81. The van der Waals surface area contributed by atoms with Gasteiger partial charge in [0.25, 0.3) is 0 Å². The molecule has 0 aliphatic heterocycles. The Labute approximate surface area is 177 Å². The van der Waals surface area contributed by atoms with E-state index in [4.69, 9.17) is 9.62 Å². The summed E-state index contributed by atoms with van der Waals surface area (Å²) in [7, 11) is -0.842. The average Bonchev–Trinajstić information content (AvgIpc) is 3.12. The third-order valence-electron chi connectivity index (χ3n) is 4.82. The molecule has 0 fully saturated rings. The van der Waals surface area contributed by atoms with Crippen molar-refractivity contribution in [2.45, 2.75) is 58.9 Å². The van der Waals surface area contributed by atoms with Crippen LogP contribution >= 0.6 is 8.15 Å². The van der Waals surface area contributed by atoms with E-state index in [0.717, 1.165) is 12.2 Å². The third kappa shape index (κ3) is 5.56. The highest BCUT2D eigenvalue weighted by atomic mass is 31.1. The second-order valence-corrected chi connectivity index (χ2v) is 11.3. The van der Waals surface area contributed by atoms with Crippen molar-refractivity contribution in [1.29, 1.82) is 0 Å². The fourth-order valence-corrected chi connectivity index (χ4v) is 4.95. The molecule has 1 aromatic heterocycles. The molecule has 4 heteroatoms. The van der Waals surface area contributed by atoms with Gasteiger partial charge in [-0.2, -0.15) is 5.10 Å². The lowest BCUT2D eigenvalue weighted by molar-refractivity contribution is 0.316. The second kappa shape index (κ2) is 8.81. The predicted molar refractivity (Wildman–Crippen MR) is 125 cm³/mol. The second-order valence-electron chi connectivity index (χ2n) is 9.44. The molecule has 1 heterocycles. The van der Waals surface area contributed by atoms with Crippen molar-refractivity contribution in [3.8, 4) is 0 Å². The summed E-state index contributed by atoms with van der Waals surface area (Å²) < 4.78 is 8.63. The lowest BCUT2D eigenvalue weighted by Gasteiger charge is -2.22. The van der Waals surface area contributed by atoms with Crippen LogP contribution in [-0.2, 0) is 21.9 Å². The minimum Gasteiger partial charge on any atom is -0.348 e. The molecule has 3 nitrogen and oxygen atoms in total. The van der Waals surface area contributed by atoms with Crippen LogP contribution in [-0.4, -0.2) is 16.4 Å². The quantitative estimate of drug-likeness (QED) is 0.501. The van der Waals surface area contributed by atoms with Gasteiger partial charge in [-0.1, -0.05) is 102 Å². The van der Waals surface area contributed by atoms with Gasteiger partial charge in [0.2, 0.25) is 0 Å². The lowest BCUT2D eigenvalue weighted by Crippen LogP contribution is -2.21. The van der Waals surface area contributed by atoms with Crippen molar-refractivity contribution in [1.82, 2.24) is 9.78 Å². The van der Waals surface area contributed by atoms with E-state index in [1.807, 2.05) is 0 Å². The lowest BCUT2D eigenvalue weighted by atomic mass is 9.88. The number of hydrogen-bond acceptors (Lipinski definition) is 2. The van der Waals surface area contributed by atoms with Crippen LogP contribution in [0.2, 0.25) is 0 Å². The van der Waals surface area contributed by atoms with E-state index in [0.29, 0.717) is 6.61 Å². The molecule has 3 aromatic rings. The molecule has 154 valence electrons. The van der Waals surface area contributed by atoms with Crippen LogP contribution in [0.25, 0.3) is 0 Å².